The molecule has 2 aromatic carbocycles. The Kier molecular flexibility index (Phi) is 5.39. The summed E-state index contributed by atoms with van der Waals surface area (Å²) in [4.78, 5) is 12.0. The van der Waals surface area contributed by atoms with Crippen molar-refractivity contribution < 1.29 is 4.79 Å². The number of hydrogen-bond donors (Lipinski definition) is 2. The zero-order valence-electron chi connectivity index (χ0n) is 12.0. The van der Waals surface area contributed by atoms with Crippen LogP contribution in [0, 0.1) is 0 Å². The molecule has 0 saturated heterocycles. The van der Waals surface area contributed by atoms with E-state index in [0.29, 0.717) is 12.8 Å². The first-order chi connectivity index (χ1) is 10.1. The Bertz CT molecular complexity index is 628. The number of benzene rings is 2. The molecule has 1 amide bonds. The van der Waals surface area contributed by atoms with Gasteiger partial charge in [0, 0.05) is 16.6 Å². The van der Waals surface area contributed by atoms with Crippen molar-refractivity contribution in [2.45, 2.75) is 25.8 Å². The van der Waals surface area contributed by atoms with Crippen LogP contribution in [0.4, 0.5) is 5.69 Å². The topological polar surface area (TPSA) is 55.1 Å². The summed E-state index contributed by atoms with van der Waals surface area (Å²) in [7, 11) is 0. The number of rotatable bonds is 5. The Hall–Kier alpha value is -1.81. The number of carbonyl (C=O) groups excluding carboxylic acids is 1. The predicted octanol–water partition coefficient (Wildman–Crippen LogP) is 3.84. The van der Waals surface area contributed by atoms with Crippen molar-refractivity contribution in [1.82, 2.24) is 5.32 Å². The van der Waals surface area contributed by atoms with Crippen molar-refractivity contribution in [2.24, 2.45) is 0 Å². The summed E-state index contributed by atoms with van der Waals surface area (Å²) in [5.41, 5.74) is 8.72. The molecule has 0 bridgehead atoms. The molecule has 0 saturated carbocycles. The number of carbonyl (C=O) groups is 1. The molecule has 2 rings (SSSR count). The fourth-order valence-corrected chi connectivity index (χ4v) is 2.60. The van der Waals surface area contributed by atoms with Gasteiger partial charge in [-0.2, -0.15) is 0 Å². The van der Waals surface area contributed by atoms with Gasteiger partial charge in [0.05, 0.1) is 6.04 Å². The maximum Gasteiger partial charge on any atom is 0.220 e. The van der Waals surface area contributed by atoms with E-state index in [9.17, 15) is 4.79 Å². The summed E-state index contributed by atoms with van der Waals surface area (Å²) in [6, 6.07) is 15.6. The molecule has 0 unspecified atom stereocenters. The first-order valence-corrected chi connectivity index (χ1v) is 7.74. The van der Waals surface area contributed by atoms with Gasteiger partial charge in [-0.05, 0) is 42.7 Å². The Labute approximate surface area is 133 Å². The molecule has 3 N–H and O–H groups in total. The van der Waals surface area contributed by atoms with Crippen LogP contribution in [0.5, 0.6) is 0 Å². The molecule has 0 heterocycles. The number of nitrogens with one attached hydrogen (secondary N) is 1. The molecular formula is C17H19BrN2O. The van der Waals surface area contributed by atoms with Crippen molar-refractivity contribution in [2.75, 3.05) is 5.73 Å². The molecule has 0 aromatic heterocycles. The van der Waals surface area contributed by atoms with Crippen molar-refractivity contribution in [3.63, 3.8) is 0 Å². The van der Waals surface area contributed by atoms with Gasteiger partial charge in [0.2, 0.25) is 5.91 Å². The van der Waals surface area contributed by atoms with Crippen molar-refractivity contribution in [1.29, 1.82) is 0 Å². The highest BCUT2D eigenvalue weighted by molar-refractivity contribution is 9.10. The average Bonchev–Trinajstić information content (AvgIpc) is 2.46. The molecule has 2 aromatic rings. The molecule has 110 valence electrons. The van der Waals surface area contributed by atoms with E-state index in [0.717, 1.165) is 21.3 Å². The van der Waals surface area contributed by atoms with Gasteiger partial charge in [-0.1, -0.05) is 46.3 Å². The molecule has 4 heteroatoms. The normalized spacial score (nSPS) is 11.9. The molecule has 0 aliphatic heterocycles. The number of nitrogens with two attached hydrogens (primary N) is 1. The van der Waals surface area contributed by atoms with Crippen LogP contribution in [0.15, 0.2) is 53.0 Å². The second-order valence-electron chi connectivity index (χ2n) is 5.04. The Morgan fingerprint density at radius 3 is 2.71 bits per heavy atom. The third kappa shape index (κ3) is 4.60. The summed E-state index contributed by atoms with van der Waals surface area (Å²) in [6.45, 7) is 1.98. The van der Waals surface area contributed by atoms with E-state index >= 15 is 0 Å². The Morgan fingerprint density at radius 2 is 2.00 bits per heavy atom. The summed E-state index contributed by atoms with van der Waals surface area (Å²) in [5.74, 6) is 0.0331. The molecule has 3 nitrogen and oxygen atoms in total. The standard InChI is InChI=1S/C17H19BrN2O/c1-12(14-6-4-7-15(18)11-14)20-17(21)10-9-13-5-2-3-8-16(13)19/h2-8,11-12H,9-10,19H2,1H3,(H,20,21)/t12-/m0/s1. The van der Waals surface area contributed by atoms with Crippen molar-refractivity contribution in [3.8, 4) is 0 Å². The third-order valence-corrected chi connectivity index (χ3v) is 3.90. The second-order valence-corrected chi connectivity index (χ2v) is 5.96. The molecule has 1 atom stereocenters. The lowest BCUT2D eigenvalue weighted by Gasteiger charge is -2.15. The minimum Gasteiger partial charge on any atom is -0.399 e. The van der Waals surface area contributed by atoms with Crippen LogP contribution in [-0.4, -0.2) is 5.91 Å². The maximum absolute atomic E-state index is 12.0. The van der Waals surface area contributed by atoms with Gasteiger partial charge < -0.3 is 11.1 Å². The summed E-state index contributed by atoms with van der Waals surface area (Å²) in [6.07, 6.45) is 1.09. The van der Waals surface area contributed by atoms with E-state index in [4.69, 9.17) is 5.73 Å². The van der Waals surface area contributed by atoms with Gasteiger partial charge in [-0.15, -0.1) is 0 Å². The zero-order chi connectivity index (χ0) is 15.2. The number of halogens is 1. The van der Waals surface area contributed by atoms with Crippen LogP contribution in [0.25, 0.3) is 0 Å². The Balaban J connectivity index is 1.89. The van der Waals surface area contributed by atoms with Crippen molar-refractivity contribution >= 4 is 27.5 Å². The SMILES string of the molecule is C[C@H](NC(=O)CCc1ccccc1N)c1cccc(Br)c1. The quantitative estimate of drug-likeness (QED) is 0.808. The number of hydrogen-bond acceptors (Lipinski definition) is 2. The highest BCUT2D eigenvalue weighted by Gasteiger charge is 2.10. The highest BCUT2D eigenvalue weighted by Crippen LogP contribution is 2.18. The lowest BCUT2D eigenvalue weighted by molar-refractivity contribution is -0.121. The van der Waals surface area contributed by atoms with Gasteiger partial charge in [-0.3, -0.25) is 4.79 Å². The van der Waals surface area contributed by atoms with Gasteiger partial charge in [0.15, 0.2) is 0 Å². The van der Waals surface area contributed by atoms with Gasteiger partial charge in [0.1, 0.15) is 0 Å². The van der Waals surface area contributed by atoms with E-state index in [-0.39, 0.29) is 11.9 Å². The van der Waals surface area contributed by atoms with Crippen LogP contribution < -0.4 is 11.1 Å². The maximum atomic E-state index is 12.0. The monoisotopic (exact) mass is 346 g/mol. The largest absolute Gasteiger partial charge is 0.399 e. The number of nitrogen functional groups attached to an aromatic ring is 1. The minimum absolute atomic E-state index is 0.0110. The van der Waals surface area contributed by atoms with Crippen LogP contribution in [-0.2, 0) is 11.2 Å². The first kappa shape index (κ1) is 15.6. The van der Waals surface area contributed by atoms with E-state index in [2.05, 4.69) is 21.2 Å². The number of anilines is 1. The molecule has 0 radical (unpaired) electrons. The van der Waals surface area contributed by atoms with Crippen LogP contribution >= 0.6 is 15.9 Å². The highest BCUT2D eigenvalue weighted by atomic mass is 79.9. The van der Waals surface area contributed by atoms with Crippen molar-refractivity contribution in [3.05, 3.63) is 64.1 Å². The van der Waals surface area contributed by atoms with Gasteiger partial charge in [0.25, 0.3) is 0 Å². The van der Waals surface area contributed by atoms with Gasteiger partial charge in [-0.25, -0.2) is 0 Å². The minimum atomic E-state index is -0.0110. The predicted molar refractivity (Wildman–Crippen MR) is 89.9 cm³/mol. The number of aryl methyl sites for hydroxylation is 1. The van der Waals surface area contributed by atoms with Crippen LogP contribution in [0.3, 0.4) is 0 Å². The third-order valence-electron chi connectivity index (χ3n) is 3.40. The lowest BCUT2D eigenvalue weighted by atomic mass is 10.1. The molecule has 0 fully saturated rings. The van der Waals surface area contributed by atoms with E-state index in [1.807, 2.05) is 55.5 Å². The van der Waals surface area contributed by atoms with Gasteiger partial charge >= 0.3 is 0 Å². The van der Waals surface area contributed by atoms with E-state index in [1.165, 1.54) is 0 Å². The number of para-hydroxylation sites is 1. The molecule has 0 aliphatic carbocycles. The zero-order valence-corrected chi connectivity index (χ0v) is 13.6. The second kappa shape index (κ2) is 7.27. The molecule has 21 heavy (non-hydrogen) atoms. The average molecular weight is 347 g/mol. The number of amides is 1. The van der Waals surface area contributed by atoms with E-state index in [1.54, 1.807) is 0 Å². The van der Waals surface area contributed by atoms with Crippen LogP contribution in [0.1, 0.15) is 30.5 Å². The summed E-state index contributed by atoms with van der Waals surface area (Å²) >= 11 is 3.44. The smallest absolute Gasteiger partial charge is 0.220 e. The fourth-order valence-electron chi connectivity index (χ4n) is 2.18. The summed E-state index contributed by atoms with van der Waals surface area (Å²) < 4.78 is 1.01. The lowest BCUT2D eigenvalue weighted by Crippen LogP contribution is -2.26. The Morgan fingerprint density at radius 1 is 1.24 bits per heavy atom. The fraction of sp³-hybridized carbons (Fsp3) is 0.235. The summed E-state index contributed by atoms with van der Waals surface area (Å²) in [5, 5.41) is 3.01. The first-order valence-electron chi connectivity index (χ1n) is 6.94. The van der Waals surface area contributed by atoms with E-state index < -0.39 is 0 Å². The molecule has 0 aliphatic rings. The van der Waals surface area contributed by atoms with Crippen LogP contribution in [0.2, 0.25) is 0 Å². The molecular weight excluding hydrogens is 328 g/mol. The molecule has 0 spiro atoms.